The van der Waals surface area contributed by atoms with Crippen molar-refractivity contribution in [1.82, 2.24) is 10.2 Å². The fourth-order valence-electron chi connectivity index (χ4n) is 2.71. The summed E-state index contributed by atoms with van der Waals surface area (Å²) < 4.78 is 0. The Morgan fingerprint density at radius 3 is 2.72 bits per heavy atom. The predicted octanol–water partition coefficient (Wildman–Crippen LogP) is 3.13. The van der Waals surface area contributed by atoms with Gasteiger partial charge in [0.2, 0.25) is 0 Å². The molecule has 18 heavy (non-hydrogen) atoms. The van der Waals surface area contributed by atoms with Crippen LogP contribution in [0.15, 0.2) is 24.3 Å². The van der Waals surface area contributed by atoms with Crippen molar-refractivity contribution < 1.29 is 0 Å². The van der Waals surface area contributed by atoms with Gasteiger partial charge in [-0.25, -0.2) is 0 Å². The fourth-order valence-corrected chi connectivity index (χ4v) is 2.71. The minimum absolute atomic E-state index is 0.479. The molecule has 1 atom stereocenters. The molecule has 2 nitrogen and oxygen atoms in total. The highest BCUT2D eigenvalue weighted by Crippen LogP contribution is 2.25. The van der Waals surface area contributed by atoms with Gasteiger partial charge in [-0.1, -0.05) is 36.2 Å². The second kappa shape index (κ2) is 6.35. The summed E-state index contributed by atoms with van der Waals surface area (Å²) in [6.07, 6.45) is 5.39. The maximum atomic E-state index is 3.45. The number of hydrogen-bond acceptors (Lipinski definition) is 2. The van der Waals surface area contributed by atoms with Gasteiger partial charge < -0.3 is 10.2 Å². The van der Waals surface area contributed by atoms with Crippen LogP contribution in [-0.2, 0) is 0 Å². The van der Waals surface area contributed by atoms with Gasteiger partial charge in [-0.3, -0.25) is 0 Å². The number of benzene rings is 1. The summed E-state index contributed by atoms with van der Waals surface area (Å²) in [4.78, 5) is 2.53. The Kier molecular flexibility index (Phi) is 4.79. The van der Waals surface area contributed by atoms with E-state index in [1.165, 1.54) is 43.4 Å². The van der Waals surface area contributed by atoms with Crippen molar-refractivity contribution >= 4 is 0 Å². The second-order valence-electron chi connectivity index (χ2n) is 5.61. The molecule has 1 saturated carbocycles. The third-order valence-electron chi connectivity index (χ3n) is 4.26. The molecule has 2 rings (SSSR count). The van der Waals surface area contributed by atoms with Crippen LogP contribution in [0.1, 0.15) is 42.9 Å². The lowest BCUT2D eigenvalue weighted by Crippen LogP contribution is -2.38. The van der Waals surface area contributed by atoms with Gasteiger partial charge in [0.25, 0.3) is 0 Å². The number of nitrogens with zero attached hydrogens (tertiary/aromatic N) is 1. The highest BCUT2D eigenvalue weighted by molar-refractivity contribution is 5.25. The Bertz CT molecular complexity index is 371. The standard InChI is InChI=1S/C16H26N2/c1-13-6-4-7-14(12-13)16(17-2)10-11-18(3)15-8-5-9-15/h4,6-7,12,15-17H,5,8-11H2,1-3H3. The maximum absolute atomic E-state index is 3.45. The minimum Gasteiger partial charge on any atom is -0.313 e. The average molecular weight is 246 g/mol. The molecule has 100 valence electrons. The van der Waals surface area contributed by atoms with E-state index in [9.17, 15) is 0 Å². The Morgan fingerprint density at radius 2 is 2.17 bits per heavy atom. The third-order valence-corrected chi connectivity index (χ3v) is 4.26. The van der Waals surface area contributed by atoms with E-state index in [-0.39, 0.29) is 0 Å². The number of rotatable bonds is 6. The van der Waals surface area contributed by atoms with Crippen molar-refractivity contribution in [2.45, 2.75) is 44.7 Å². The van der Waals surface area contributed by atoms with E-state index in [1.807, 2.05) is 0 Å². The molecule has 0 saturated heterocycles. The minimum atomic E-state index is 0.479. The van der Waals surface area contributed by atoms with E-state index >= 15 is 0 Å². The molecule has 1 unspecified atom stereocenters. The smallest absolute Gasteiger partial charge is 0.0329 e. The Hall–Kier alpha value is -0.860. The molecule has 0 spiro atoms. The SMILES string of the molecule is CNC(CCN(C)C1CCC1)c1cccc(C)c1. The first kappa shape index (κ1) is 13.6. The molecule has 1 aromatic rings. The van der Waals surface area contributed by atoms with E-state index < -0.39 is 0 Å². The molecule has 0 aliphatic heterocycles. The topological polar surface area (TPSA) is 15.3 Å². The van der Waals surface area contributed by atoms with Gasteiger partial charge in [-0.2, -0.15) is 0 Å². The van der Waals surface area contributed by atoms with Crippen LogP contribution in [0.4, 0.5) is 0 Å². The first-order valence-corrected chi connectivity index (χ1v) is 7.15. The van der Waals surface area contributed by atoms with Crippen LogP contribution in [0.3, 0.4) is 0 Å². The highest BCUT2D eigenvalue weighted by Gasteiger charge is 2.22. The molecule has 0 heterocycles. The van der Waals surface area contributed by atoms with Crippen molar-refractivity contribution in [2.24, 2.45) is 0 Å². The summed E-state index contributed by atoms with van der Waals surface area (Å²) in [6, 6.07) is 10.2. The third kappa shape index (κ3) is 3.33. The second-order valence-corrected chi connectivity index (χ2v) is 5.61. The zero-order chi connectivity index (χ0) is 13.0. The largest absolute Gasteiger partial charge is 0.313 e. The summed E-state index contributed by atoms with van der Waals surface area (Å²) in [5.41, 5.74) is 2.76. The Labute approximate surface area is 111 Å². The van der Waals surface area contributed by atoms with Gasteiger partial charge in [0.15, 0.2) is 0 Å². The first-order valence-electron chi connectivity index (χ1n) is 7.15. The van der Waals surface area contributed by atoms with Gasteiger partial charge in [-0.15, -0.1) is 0 Å². The summed E-state index contributed by atoms with van der Waals surface area (Å²) in [5, 5.41) is 3.45. The lowest BCUT2D eigenvalue weighted by Gasteiger charge is -2.35. The van der Waals surface area contributed by atoms with Gasteiger partial charge in [0, 0.05) is 12.1 Å². The van der Waals surface area contributed by atoms with E-state index in [1.54, 1.807) is 0 Å². The average Bonchev–Trinajstić information content (AvgIpc) is 2.27. The highest BCUT2D eigenvalue weighted by atomic mass is 15.1. The quantitative estimate of drug-likeness (QED) is 0.829. The van der Waals surface area contributed by atoms with Crippen LogP contribution in [0.2, 0.25) is 0 Å². The molecule has 0 radical (unpaired) electrons. The molecule has 1 aromatic carbocycles. The van der Waals surface area contributed by atoms with E-state index in [4.69, 9.17) is 0 Å². The van der Waals surface area contributed by atoms with Crippen molar-refractivity contribution in [3.8, 4) is 0 Å². The molecule has 0 amide bonds. The molecule has 0 bridgehead atoms. The molecular weight excluding hydrogens is 220 g/mol. The zero-order valence-corrected chi connectivity index (χ0v) is 11.9. The molecule has 1 N–H and O–H groups in total. The summed E-state index contributed by atoms with van der Waals surface area (Å²) in [6.45, 7) is 3.35. The normalized spacial score (nSPS) is 17.8. The summed E-state index contributed by atoms with van der Waals surface area (Å²) >= 11 is 0. The van der Waals surface area contributed by atoms with Crippen LogP contribution in [-0.4, -0.2) is 31.6 Å². The maximum Gasteiger partial charge on any atom is 0.0329 e. The van der Waals surface area contributed by atoms with Crippen molar-refractivity contribution in [1.29, 1.82) is 0 Å². The predicted molar refractivity (Wildman–Crippen MR) is 77.9 cm³/mol. The van der Waals surface area contributed by atoms with Gasteiger partial charge in [0.05, 0.1) is 0 Å². The van der Waals surface area contributed by atoms with Crippen LogP contribution in [0.25, 0.3) is 0 Å². The zero-order valence-electron chi connectivity index (χ0n) is 11.9. The molecule has 1 aliphatic carbocycles. The number of hydrogen-bond donors (Lipinski definition) is 1. The molecule has 0 aromatic heterocycles. The summed E-state index contributed by atoms with van der Waals surface area (Å²) in [5.74, 6) is 0. The van der Waals surface area contributed by atoms with Gasteiger partial charge in [0.1, 0.15) is 0 Å². The van der Waals surface area contributed by atoms with Crippen LogP contribution in [0, 0.1) is 6.92 Å². The lowest BCUT2D eigenvalue weighted by atomic mass is 9.91. The molecule has 1 fully saturated rings. The van der Waals surface area contributed by atoms with Crippen LogP contribution < -0.4 is 5.32 Å². The van der Waals surface area contributed by atoms with E-state index in [0.717, 1.165) is 6.04 Å². The molecular formula is C16H26N2. The van der Waals surface area contributed by atoms with E-state index in [0.29, 0.717) is 6.04 Å². The monoisotopic (exact) mass is 246 g/mol. The lowest BCUT2D eigenvalue weighted by molar-refractivity contribution is 0.153. The number of aryl methyl sites for hydroxylation is 1. The summed E-state index contributed by atoms with van der Waals surface area (Å²) in [7, 11) is 4.34. The van der Waals surface area contributed by atoms with Gasteiger partial charge >= 0.3 is 0 Å². The van der Waals surface area contributed by atoms with Gasteiger partial charge in [-0.05, 0) is 52.4 Å². The van der Waals surface area contributed by atoms with E-state index in [2.05, 4.69) is 55.5 Å². The first-order chi connectivity index (χ1) is 8.70. The van der Waals surface area contributed by atoms with Crippen molar-refractivity contribution in [3.05, 3.63) is 35.4 Å². The van der Waals surface area contributed by atoms with Crippen molar-refractivity contribution in [3.63, 3.8) is 0 Å². The number of nitrogens with one attached hydrogen (secondary N) is 1. The Morgan fingerprint density at radius 1 is 1.39 bits per heavy atom. The Balaban J connectivity index is 1.88. The van der Waals surface area contributed by atoms with Crippen LogP contribution >= 0.6 is 0 Å². The molecule has 2 heteroatoms. The fraction of sp³-hybridized carbons (Fsp3) is 0.625. The molecule has 1 aliphatic rings. The van der Waals surface area contributed by atoms with Crippen molar-refractivity contribution in [2.75, 3.05) is 20.6 Å². The van der Waals surface area contributed by atoms with Crippen LogP contribution in [0.5, 0.6) is 0 Å².